The number of nitrogens with one attached hydrogen (secondary N) is 1. The lowest BCUT2D eigenvalue weighted by Crippen LogP contribution is -2.05. The zero-order valence-corrected chi connectivity index (χ0v) is 13.8. The van der Waals surface area contributed by atoms with Crippen molar-refractivity contribution in [1.82, 2.24) is 9.97 Å². The van der Waals surface area contributed by atoms with Gasteiger partial charge in [0, 0.05) is 17.8 Å². The number of hydrogen-bond donors (Lipinski definition) is 1. The Labute approximate surface area is 140 Å². The SMILES string of the molecule is C=CCNc1nc(Cc2ccccc2)nc2sc3c(c12)CCC3. The van der Waals surface area contributed by atoms with E-state index in [9.17, 15) is 0 Å². The smallest absolute Gasteiger partial charge is 0.139 e. The molecule has 0 fully saturated rings. The van der Waals surface area contributed by atoms with Gasteiger partial charge in [0.1, 0.15) is 16.5 Å². The molecule has 0 amide bonds. The highest BCUT2D eigenvalue weighted by atomic mass is 32.1. The van der Waals surface area contributed by atoms with E-state index in [-0.39, 0.29) is 0 Å². The Morgan fingerprint density at radius 1 is 1.17 bits per heavy atom. The number of thiophene rings is 1. The summed E-state index contributed by atoms with van der Waals surface area (Å²) in [5, 5.41) is 4.65. The first kappa shape index (κ1) is 14.4. The fraction of sp³-hybridized carbons (Fsp3) is 0.263. The van der Waals surface area contributed by atoms with Gasteiger partial charge in [-0.3, -0.25) is 0 Å². The Hall–Kier alpha value is -2.20. The van der Waals surface area contributed by atoms with Crippen LogP contribution in [0, 0.1) is 0 Å². The van der Waals surface area contributed by atoms with E-state index in [1.165, 1.54) is 34.2 Å². The number of aryl methyl sites for hydroxylation is 2. The average molecular weight is 321 g/mol. The number of benzene rings is 1. The minimum Gasteiger partial charge on any atom is -0.366 e. The van der Waals surface area contributed by atoms with Crippen molar-refractivity contribution in [1.29, 1.82) is 0 Å². The lowest BCUT2D eigenvalue weighted by Gasteiger charge is -2.09. The first-order chi connectivity index (χ1) is 11.3. The molecule has 0 aliphatic heterocycles. The van der Waals surface area contributed by atoms with Gasteiger partial charge in [-0.25, -0.2) is 9.97 Å². The third-order valence-corrected chi connectivity index (χ3v) is 5.42. The third kappa shape index (κ3) is 2.75. The largest absolute Gasteiger partial charge is 0.366 e. The standard InChI is InChI=1S/C19H19N3S/c1-2-11-20-18-17-14-9-6-10-15(14)23-19(17)22-16(21-18)12-13-7-4-3-5-8-13/h2-5,7-8H,1,6,9-12H2,(H,20,21,22). The van der Waals surface area contributed by atoms with Crippen molar-refractivity contribution < 1.29 is 0 Å². The number of rotatable bonds is 5. The van der Waals surface area contributed by atoms with E-state index in [0.29, 0.717) is 0 Å². The molecule has 23 heavy (non-hydrogen) atoms. The fourth-order valence-electron chi connectivity index (χ4n) is 3.19. The minimum atomic E-state index is 0.724. The first-order valence-electron chi connectivity index (χ1n) is 8.05. The maximum Gasteiger partial charge on any atom is 0.139 e. The van der Waals surface area contributed by atoms with Gasteiger partial charge in [0.15, 0.2) is 0 Å². The molecule has 4 rings (SSSR count). The summed E-state index contributed by atoms with van der Waals surface area (Å²) in [6, 6.07) is 10.4. The minimum absolute atomic E-state index is 0.724. The molecule has 0 unspecified atom stereocenters. The van der Waals surface area contributed by atoms with Gasteiger partial charge in [-0.2, -0.15) is 0 Å². The summed E-state index contributed by atoms with van der Waals surface area (Å²) >= 11 is 1.84. The highest BCUT2D eigenvalue weighted by Gasteiger charge is 2.22. The Morgan fingerprint density at radius 2 is 2.04 bits per heavy atom. The van der Waals surface area contributed by atoms with Crippen LogP contribution >= 0.6 is 11.3 Å². The van der Waals surface area contributed by atoms with Crippen LogP contribution in [0.25, 0.3) is 10.2 Å². The van der Waals surface area contributed by atoms with Crippen molar-refractivity contribution in [3.63, 3.8) is 0 Å². The summed E-state index contributed by atoms with van der Waals surface area (Å²) in [6.45, 7) is 4.53. The molecule has 0 bridgehead atoms. The van der Waals surface area contributed by atoms with Crippen molar-refractivity contribution in [3.05, 3.63) is 64.8 Å². The Kier molecular flexibility index (Phi) is 3.83. The third-order valence-electron chi connectivity index (χ3n) is 4.23. The second-order valence-electron chi connectivity index (χ2n) is 5.86. The first-order valence-corrected chi connectivity index (χ1v) is 8.86. The van der Waals surface area contributed by atoms with Crippen molar-refractivity contribution in [2.75, 3.05) is 11.9 Å². The van der Waals surface area contributed by atoms with Gasteiger partial charge in [-0.1, -0.05) is 36.4 Å². The topological polar surface area (TPSA) is 37.8 Å². The molecule has 3 aromatic rings. The van der Waals surface area contributed by atoms with Crippen LogP contribution in [0.1, 0.15) is 28.2 Å². The van der Waals surface area contributed by atoms with Crippen molar-refractivity contribution in [3.8, 4) is 0 Å². The van der Waals surface area contributed by atoms with Crippen LogP contribution in [-0.2, 0) is 19.3 Å². The average Bonchev–Trinajstić information content (AvgIpc) is 3.14. The summed E-state index contributed by atoms with van der Waals surface area (Å²) < 4.78 is 0. The molecule has 116 valence electrons. The molecule has 0 saturated heterocycles. The molecule has 1 aliphatic rings. The predicted octanol–water partition coefficient (Wildman–Crippen LogP) is 4.37. The van der Waals surface area contributed by atoms with Crippen LogP contribution in [0.5, 0.6) is 0 Å². The fourth-order valence-corrected chi connectivity index (χ4v) is 4.47. The molecule has 0 radical (unpaired) electrons. The van der Waals surface area contributed by atoms with Crippen molar-refractivity contribution in [2.45, 2.75) is 25.7 Å². The summed E-state index contributed by atoms with van der Waals surface area (Å²) in [7, 11) is 0. The van der Waals surface area contributed by atoms with Crippen LogP contribution in [-0.4, -0.2) is 16.5 Å². The van der Waals surface area contributed by atoms with E-state index in [1.807, 2.05) is 23.5 Å². The molecule has 1 N–H and O–H groups in total. The Bertz CT molecular complexity index is 852. The van der Waals surface area contributed by atoms with Gasteiger partial charge in [0.05, 0.1) is 5.39 Å². The normalized spacial score (nSPS) is 13.2. The summed E-state index contributed by atoms with van der Waals surface area (Å²) in [5.41, 5.74) is 2.70. The van der Waals surface area contributed by atoms with Crippen LogP contribution in [0.2, 0.25) is 0 Å². The molecule has 0 saturated carbocycles. The number of anilines is 1. The summed E-state index contributed by atoms with van der Waals surface area (Å²) in [4.78, 5) is 12.3. The molecule has 1 aliphatic carbocycles. The van der Waals surface area contributed by atoms with Gasteiger partial charge in [-0.15, -0.1) is 17.9 Å². The zero-order chi connectivity index (χ0) is 15.6. The van der Waals surface area contributed by atoms with Gasteiger partial charge < -0.3 is 5.32 Å². The zero-order valence-electron chi connectivity index (χ0n) is 13.0. The number of hydrogen-bond acceptors (Lipinski definition) is 4. The van der Waals surface area contributed by atoms with Gasteiger partial charge in [0.25, 0.3) is 0 Å². The van der Waals surface area contributed by atoms with Crippen LogP contribution in [0.4, 0.5) is 5.82 Å². The maximum atomic E-state index is 4.84. The summed E-state index contributed by atoms with van der Waals surface area (Å²) in [5.74, 6) is 1.86. The van der Waals surface area contributed by atoms with Crippen LogP contribution in [0.15, 0.2) is 43.0 Å². The number of nitrogens with zero attached hydrogens (tertiary/aromatic N) is 2. The quantitative estimate of drug-likeness (QED) is 0.709. The van der Waals surface area contributed by atoms with Crippen molar-refractivity contribution in [2.24, 2.45) is 0 Å². The lowest BCUT2D eigenvalue weighted by molar-refractivity contribution is 0.916. The Morgan fingerprint density at radius 3 is 2.87 bits per heavy atom. The molecule has 1 aromatic carbocycles. The van der Waals surface area contributed by atoms with Crippen LogP contribution < -0.4 is 5.32 Å². The highest BCUT2D eigenvalue weighted by molar-refractivity contribution is 7.19. The van der Waals surface area contributed by atoms with E-state index in [0.717, 1.165) is 35.9 Å². The van der Waals surface area contributed by atoms with E-state index in [4.69, 9.17) is 9.97 Å². The van der Waals surface area contributed by atoms with Gasteiger partial charge in [0.2, 0.25) is 0 Å². The second-order valence-corrected chi connectivity index (χ2v) is 6.94. The molecule has 2 heterocycles. The maximum absolute atomic E-state index is 4.84. The number of aromatic nitrogens is 2. The monoisotopic (exact) mass is 321 g/mol. The van der Waals surface area contributed by atoms with Gasteiger partial charge in [-0.05, 0) is 30.4 Å². The second kappa shape index (κ2) is 6.13. The molecule has 4 heteroatoms. The van der Waals surface area contributed by atoms with E-state index >= 15 is 0 Å². The highest BCUT2D eigenvalue weighted by Crippen LogP contribution is 2.39. The Balaban J connectivity index is 1.79. The van der Waals surface area contributed by atoms with Crippen molar-refractivity contribution >= 4 is 27.4 Å². The number of fused-ring (bicyclic) bond motifs is 3. The predicted molar refractivity (Wildman–Crippen MR) is 97.4 cm³/mol. The van der Waals surface area contributed by atoms with Crippen LogP contribution in [0.3, 0.4) is 0 Å². The van der Waals surface area contributed by atoms with E-state index in [1.54, 1.807) is 0 Å². The lowest BCUT2D eigenvalue weighted by atomic mass is 10.1. The van der Waals surface area contributed by atoms with E-state index in [2.05, 4.69) is 36.2 Å². The van der Waals surface area contributed by atoms with E-state index < -0.39 is 0 Å². The van der Waals surface area contributed by atoms with Gasteiger partial charge >= 0.3 is 0 Å². The molecule has 3 nitrogen and oxygen atoms in total. The molecule has 0 atom stereocenters. The summed E-state index contributed by atoms with van der Waals surface area (Å²) in [6.07, 6.45) is 6.23. The molecular formula is C19H19N3S. The molecule has 2 aromatic heterocycles. The molecule has 0 spiro atoms. The molecular weight excluding hydrogens is 302 g/mol.